The van der Waals surface area contributed by atoms with Crippen molar-refractivity contribution < 1.29 is 9.90 Å². The quantitative estimate of drug-likeness (QED) is 0.694. The lowest BCUT2D eigenvalue weighted by molar-refractivity contribution is 0.0697. The van der Waals surface area contributed by atoms with Crippen LogP contribution < -0.4 is 0 Å². The molecule has 1 saturated heterocycles. The summed E-state index contributed by atoms with van der Waals surface area (Å²) in [4.78, 5) is 18.7. The number of nitrogens with zero attached hydrogens (tertiary/aromatic N) is 3. The molecule has 0 aliphatic carbocycles. The lowest BCUT2D eigenvalue weighted by Gasteiger charge is -2.35. The van der Waals surface area contributed by atoms with Gasteiger partial charge in [0, 0.05) is 12.6 Å². The Bertz CT molecular complexity index is 965. The Hall–Kier alpha value is -2.66. The number of imidazole rings is 1. The largest absolute Gasteiger partial charge is 0.478 e. The van der Waals surface area contributed by atoms with Gasteiger partial charge in [0.25, 0.3) is 0 Å². The third kappa shape index (κ3) is 3.80. The van der Waals surface area contributed by atoms with Crippen molar-refractivity contribution in [2.45, 2.75) is 51.7 Å². The Morgan fingerprint density at radius 1 is 1.18 bits per heavy atom. The summed E-state index contributed by atoms with van der Waals surface area (Å²) in [7, 11) is 0. The van der Waals surface area contributed by atoms with Crippen LogP contribution in [-0.4, -0.2) is 38.1 Å². The van der Waals surface area contributed by atoms with E-state index in [0.29, 0.717) is 11.6 Å². The van der Waals surface area contributed by atoms with Gasteiger partial charge in [-0.3, -0.25) is 4.90 Å². The van der Waals surface area contributed by atoms with E-state index in [0.717, 1.165) is 42.9 Å². The van der Waals surface area contributed by atoms with E-state index in [4.69, 9.17) is 4.98 Å². The molecule has 1 unspecified atom stereocenters. The first-order valence-electron chi connectivity index (χ1n) is 10.2. The first-order chi connectivity index (χ1) is 13.7. The van der Waals surface area contributed by atoms with E-state index < -0.39 is 5.97 Å². The Labute approximate surface area is 165 Å². The average Bonchev–Trinajstić information content (AvgIpc) is 3.06. The molecule has 2 aromatic carbocycles. The molecule has 0 spiro atoms. The number of hydrogen-bond donors (Lipinski definition) is 1. The number of carboxylic acid groups (broad SMARTS) is 1. The van der Waals surface area contributed by atoms with Gasteiger partial charge in [-0.25, -0.2) is 9.78 Å². The molecule has 0 radical (unpaired) electrons. The maximum absolute atomic E-state index is 11.3. The van der Waals surface area contributed by atoms with Gasteiger partial charge >= 0.3 is 5.97 Å². The molecule has 0 amide bonds. The number of carboxylic acids is 1. The standard InChI is InChI=1S/C23H27N3O2/c1-2-26-21-12-11-18(23(27)28)15-20(21)24-22(26)16-25-13-7-6-10-19(25)14-17-8-4-3-5-9-17/h3-5,8-9,11-12,15,19H,2,6-7,10,13-14,16H2,1H3,(H,27,28). The first kappa shape index (κ1) is 18.7. The number of likely N-dealkylation sites (tertiary alicyclic amines) is 1. The summed E-state index contributed by atoms with van der Waals surface area (Å²) in [6.45, 7) is 4.84. The van der Waals surface area contributed by atoms with Crippen LogP contribution in [-0.2, 0) is 19.5 Å². The van der Waals surface area contributed by atoms with Gasteiger partial charge in [-0.2, -0.15) is 0 Å². The van der Waals surface area contributed by atoms with E-state index in [-0.39, 0.29) is 0 Å². The fourth-order valence-corrected chi connectivity index (χ4v) is 4.35. The molecule has 1 fully saturated rings. The smallest absolute Gasteiger partial charge is 0.335 e. The maximum atomic E-state index is 11.3. The monoisotopic (exact) mass is 377 g/mol. The van der Waals surface area contributed by atoms with Gasteiger partial charge in [0.1, 0.15) is 5.82 Å². The third-order valence-corrected chi connectivity index (χ3v) is 5.80. The van der Waals surface area contributed by atoms with Crippen LogP contribution in [0.25, 0.3) is 11.0 Å². The van der Waals surface area contributed by atoms with E-state index in [9.17, 15) is 9.90 Å². The minimum Gasteiger partial charge on any atom is -0.478 e. The van der Waals surface area contributed by atoms with Crippen LogP contribution in [0, 0.1) is 0 Å². The van der Waals surface area contributed by atoms with Crippen molar-refractivity contribution in [2.24, 2.45) is 0 Å². The van der Waals surface area contributed by atoms with E-state index >= 15 is 0 Å². The van der Waals surface area contributed by atoms with Crippen LogP contribution >= 0.6 is 0 Å². The number of aromatic nitrogens is 2. The molecule has 2 heterocycles. The van der Waals surface area contributed by atoms with Crippen molar-refractivity contribution >= 4 is 17.0 Å². The summed E-state index contributed by atoms with van der Waals surface area (Å²) in [5.74, 6) is 0.119. The number of aromatic carboxylic acids is 1. The lowest BCUT2D eigenvalue weighted by atomic mass is 9.95. The minimum atomic E-state index is -0.909. The van der Waals surface area contributed by atoms with E-state index in [2.05, 4.69) is 46.7 Å². The van der Waals surface area contributed by atoms with Gasteiger partial charge in [-0.1, -0.05) is 36.8 Å². The second-order valence-electron chi connectivity index (χ2n) is 7.59. The fraction of sp³-hybridized carbons (Fsp3) is 0.391. The maximum Gasteiger partial charge on any atom is 0.335 e. The molecular formula is C23H27N3O2. The Morgan fingerprint density at radius 3 is 2.75 bits per heavy atom. The highest BCUT2D eigenvalue weighted by atomic mass is 16.4. The number of aryl methyl sites for hydroxylation is 1. The van der Waals surface area contributed by atoms with Crippen molar-refractivity contribution in [3.63, 3.8) is 0 Å². The molecule has 5 heteroatoms. The SMILES string of the molecule is CCn1c(CN2CCCCC2Cc2ccccc2)nc2cc(C(=O)O)ccc21. The second kappa shape index (κ2) is 8.15. The number of rotatable bonds is 6. The van der Waals surface area contributed by atoms with Crippen molar-refractivity contribution in [1.82, 2.24) is 14.5 Å². The Kier molecular flexibility index (Phi) is 5.44. The molecule has 28 heavy (non-hydrogen) atoms. The molecule has 1 aromatic heterocycles. The summed E-state index contributed by atoms with van der Waals surface area (Å²) in [6, 6.07) is 16.5. The first-order valence-corrected chi connectivity index (χ1v) is 10.2. The van der Waals surface area contributed by atoms with Gasteiger partial charge in [-0.15, -0.1) is 0 Å². The summed E-state index contributed by atoms with van der Waals surface area (Å²) < 4.78 is 2.22. The molecule has 0 saturated carbocycles. The Balaban J connectivity index is 1.60. The van der Waals surface area contributed by atoms with Crippen LogP contribution in [0.15, 0.2) is 48.5 Å². The van der Waals surface area contributed by atoms with Crippen molar-refractivity contribution in [3.05, 3.63) is 65.5 Å². The predicted octanol–water partition coefficient (Wildman–Crippen LogP) is 4.35. The summed E-state index contributed by atoms with van der Waals surface area (Å²) in [5.41, 5.74) is 3.46. The molecule has 3 aromatic rings. The molecule has 5 nitrogen and oxygen atoms in total. The second-order valence-corrected chi connectivity index (χ2v) is 7.59. The zero-order valence-corrected chi connectivity index (χ0v) is 16.3. The summed E-state index contributed by atoms with van der Waals surface area (Å²) >= 11 is 0. The minimum absolute atomic E-state index is 0.291. The highest BCUT2D eigenvalue weighted by Gasteiger charge is 2.24. The van der Waals surface area contributed by atoms with Crippen molar-refractivity contribution in [1.29, 1.82) is 0 Å². The molecular weight excluding hydrogens is 350 g/mol. The number of piperidine rings is 1. The third-order valence-electron chi connectivity index (χ3n) is 5.80. The van der Waals surface area contributed by atoms with E-state index in [1.807, 2.05) is 6.07 Å². The molecule has 4 rings (SSSR count). The fourth-order valence-electron chi connectivity index (χ4n) is 4.35. The highest BCUT2D eigenvalue weighted by molar-refractivity contribution is 5.92. The zero-order chi connectivity index (χ0) is 19.5. The number of fused-ring (bicyclic) bond motifs is 1. The normalized spacial score (nSPS) is 17.8. The van der Waals surface area contributed by atoms with Crippen LogP contribution in [0.3, 0.4) is 0 Å². The molecule has 1 atom stereocenters. The van der Waals surface area contributed by atoms with Crippen LogP contribution in [0.5, 0.6) is 0 Å². The van der Waals surface area contributed by atoms with E-state index in [1.54, 1.807) is 12.1 Å². The molecule has 1 N–H and O–H groups in total. The zero-order valence-electron chi connectivity index (χ0n) is 16.3. The van der Waals surface area contributed by atoms with Gasteiger partial charge in [0.15, 0.2) is 0 Å². The van der Waals surface area contributed by atoms with Gasteiger partial charge < -0.3 is 9.67 Å². The van der Waals surface area contributed by atoms with E-state index in [1.165, 1.54) is 24.8 Å². The predicted molar refractivity (Wildman–Crippen MR) is 111 cm³/mol. The number of carbonyl (C=O) groups is 1. The molecule has 146 valence electrons. The Morgan fingerprint density at radius 2 is 2.00 bits per heavy atom. The molecule has 1 aliphatic rings. The van der Waals surface area contributed by atoms with Crippen molar-refractivity contribution in [2.75, 3.05) is 6.54 Å². The molecule has 1 aliphatic heterocycles. The van der Waals surface area contributed by atoms with Crippen molar-refractivity contribution in [3.8, 4) is 0 Å². The van der Waals surface area contributed by atoms with Gasteiger partial charge in [0.2, 0.25) is 0 Å². The average molecular weight is 377 g/mol. The number of benzene rings is 2. The lowest BCUT2D eigenvalue weighted by Crippen LogP contribution is -2.40. The highest BCUT2D eigenvalue weighted by Crippen LogP contribution is 2.25. The van der Waals surface area contributed by atoms with Gasteiger partial charge in [-0.05, 0) is 56.5 Å². The van der Waals surface area contributed by atoms with Crippen LogP contribution in [0.1, 0.15) is 47.9 Å². The number of hydrogen-bond acceptors (Lipinski definition) is 3. The summed E-state index contributed by atoms with van der Waals surface area (Å²) in [6.07, 6.45) is 4.78. The topological polar surface area (TPSA) is 58.4 Å². The van der Waals surface area contributed by atoms with Crippen LogP contribution in [0.4, 0.5) is 0 Å². The summed E-state index contributed by atoms with van der Waals surface area (Å²) in [5, 5.41) is 9.27. The molecule has 0 bridgehead atoms. The van der Waals surface area contributed by atoms with Gasteiger partial charge in [0.05, 0.1) is 23.1 Å². The van der Waals surface area contributed by atoms with Crippen LogP contribution in [0.2, 0.25) is 0 Å².